The highest BCUT2D eigenvalue weighted by Crippen LogP contribution is 2.19. The molecule has 0 amide bonds. The molecule has 0 saturated heterocycles. The van der Waals surface area contributed by atoms with Gasteiger partial charge in [0.15, 0.2) is 5.11 Å². The Morgan fingerprint density at radius 3 is 2.08 bits per heavy atom. The van der Waals surface area contributed by atoms with Crippen molar-refractivity contribution in [1.82, 2.24) is 5.32 Å². The molecule has 1 atom stereocenters. The zero-order valence-corrected chi connectivity index (χ0v) is 15.1. The molecule has 2 N–H and O–H groups in total. The van der Waals surface area contributed by atoms with E-state index in [-0.39, 0.29) is 6.04 Å². The van der Waals surface area contributed by atoms with Crippen molar-refractivity contribution in [2.24, 2.45) is 0 Å². The van der Waals surface area contributed by atoms with Gasteiger partial charge in [0.2, 0.25) is 0 Å². The molecule has 0 aliphatic rings. The van der Waals surface area contributed by atoms with Crippen LogP contribution in [-0.4, -0.2) is 5.11 Å². The molecule has 3 aromatic carbocycles. The van der Waals surface area contributed by atoms with Gasteiger partial charge in [-0.05, 0) is 48.8 Å². The summed E-state index contributed by atoms with van der Waals surface area (Å²) in [4.78, 5) is 0. The third kappa shape index (κ3) is 5.16. The summed E-state index contributed by atoms with van der Waals surface area (Å²) in [6.45, 7) is 2.08. The van der Waals surface area contributed by atoms with Gasteiger partial charge in [0, 0.05) is 5.69 Å². The number of hydrogen-bond acceptors (Lipinski definition) is 1. The summed E-state index contributed by atoms with van der Waals surface area (Å²) in [5.74, 6) is 0. The molecule has 3 rings (SSSR count). The van der Waals surface area contributed by atoms with Gasteiger partial charge in [-0.3, -0.25) is 0 Å². The minimum atomic E-state index is 0.119. The Bertz CT molecular complexity index is 798. The van der Waals surface area contributed by atoms with Gasteiger partial charge >= 0.3 is 0 Å². The molecule has 0 aliphatic carbocycles. The maximum Gasteiger partial charge on any atom is 0.171 e. The van der Waals surface area contributed by atoms with Gasteiger partial charge in [0.1, 0.15) is 0 Å². The van der Waals surface area contributed by atoms with Crippen LogP contribution in [0.1, 0.15) is 22.7 Å². The molecule has 0 saturated carbocycles. The van der Waals surface area contributed by atoms with Gasteiger partial charge in [0.05, 0.1) is 6.04 Å². The standard InChI is InChI=1S/C22H22N2S/c1-17-12-14-20(15-13-17)23-22(25)24-21(19-10-6-3-7-11-19)16-18-8-4-2-5-9-18/h2-15,21H,16H2,1H3,(H2,23,24,25)/t21-/m1/s1. The third-order valence-corrected chi connectivity index (χ3v) is 4.32. The van der Waals surface area contributed by atoms with Crippen LogP contribution in [0, 0.1) is 6.92 Å². The van der Waals surface area contributed by atoms with Crippen LogP contribution in [0.4, 0.5) is 5.69 Å². The number of anilines is 1. The zero-order chi connectivity index (χ0) is 17.5. The molecule has 2 nitrogen and oxygen atoms in total. The van der Waals surface area contributed by atoms with E-state index in [0.717, 1.165) is 12.1 Å². The number of thiocarbonyl (C=S) groups is 1. The lowest BCUT2D eigenvalue weighted by atomic mass is 9.99. The van der Waals surface area contributed by atoms with Gasteiger partial charge < -0.3 is 10.6 Å². The average molecular weight is 346 g/mol. The fraction of sp³-hybridized carbons (Fsp3) is 0.136. The van der Waals surface area contributed by atoms with Crippen LogP contribution in [0.3, 0.4) is 0 Å². The van der Waals surface area contributed by atoms with Crippen LogP contribution >= 0.6 is 12.2 Å². The number of nitrogens with one attached hydrogen (secondary N) is 2. The lowest BCUT2D eigenvalue weighted by Crippen LogP contribution is -2.33. The quantitative estimate of drug-likeness (QED) is 0.616. The maximum absolute atomic E-state index is 5.54. The predicted octanol–water partition coefficient (Wildman–Crippen LogP) is 5.27. The highest BCUT2D eigenvalue weighted by atomic mass is 32.1. The molecule has 0 unspecified atom stereocenters. The van der Waals surface area contributed by atoms with E-state index in [1.54, 1.807) is 0 Å². The maximum atomic E-state index is 5.54. The monoisotopic (exact) mass is 346 g/mol. The first kappa shape index (κ1) is 17.2. The summed E-state index contributed by atoms with van der Waals surface area (Å²) < 4.78 is 0. The summed E-state index contributed by atoms with van der Waals surface area (Å²) in [5, 5.41) is 7.37. The second-order valence-corrected chi connectivity index (χ2v) is 6.53. The number of benzene rings is 3. The summed E-state index contributed by atoms with van der Waals surface area (Å²) >= 11 is 5.54. The molecule has 126 valence electrons. The van der Waals surface area contributed by atoms with Crippen molar-refractivity contribution in [3.8, 4) is 0 Å². The molecular weight excluding hydrogens is 324 g/mol. The fourth-order valence-corrected chi connectivity index (χ4v) is 3.01. The topological polar surface area (TPSA) is 24.1 Å². The van der Waals surface area contributed by atoms with Crippen molar-refractivity contribution in [3.05, 3.63) is 102 Å². The third-order valence-electron chi connectivity index (χ3n) is 4.10. The van der Waals surface area contributed by atoms with Gasteiger partial charge in [0.25, 0.3) is 0 Å². The molecular formula is C22H22N2S. The molecule has 25 heavy (non-hydrogen) atoms. The van der Waals surface area contributed by atoms with E-state index in [9.17, 15) is 0 Å². The van der Waals surface area contributed by atoms with Crippen molar-refractivity contribution in [1.29, 1.82) is 0 Å². The first-order valence-corrected chi connectivity index (χ1v) is 8.84. The van der Waals surface area contributed by atoms with E-state index in [4.69, 9.17) is 12.2 Å². The second-order valence-electron chi connectivity index (χ2n) is 6.12. The van der Waals surface area contributed by atoms with E-state index < -0.39 is 0 Å². The normalized spacial score (nSPS) is 11.6. The Morgan fingerprint density at radius 2 is 1.44 bits per heavy atom. The van der Waals surface area contributed by atoms with Crippen molar-refractivity contribution in [3.63, 3.8) is 0 Å². The van der Waals surface area contributed by atoms with Gasteiger partial charge in [-0.15, -0.1) is 0 Å². The molecule has 0 bridgehead atoms. The predicted molar refractivity (Wildman–Crippen MR) is 110 cm³/mol. The van der Waals surface area contributed by atoms with E-state index in [1.807, 2.05) is 24.3 Å². The molecule has 3 aromatic rings. The first-order chi connectivity index (χ1) is 12.2. The molecule has 0 radical (unpaired) electrons. The minimum absolute atomic E-state index is 0.119. The summed E-state index contributed by atoms with van der Waals surface area (Å²) in [7, 11) is 0. The van der Waals surface area contributed by atoms with Crippen molar-refractivity contribution < 1.29 is 0 Å². The van der Waals surface area contributed by atoms with Crippen molar-refractivity contribution in [2.75, 3.05) is 5.32 Å². The van der Waals surface area contributed by atoms with Crippen LogP contribution in [-0.2, 0) is 6.42 Å². The van der Waals surface area contributed by atoms with Crippen molar-refractivity contribution in [2.45, 2.75) is 19.4 Å². The minimum Gasteiger partial charge on any atom is -0.355 e. The number of aryl methyl sites for hydroxylation is 1. The van der Waals surface area contributed by atoms with Gasteiger partial charge in [-0.25, -0.2) is 0 Å². The van der Waals surface area contributed by atoms with E-state index in [2.05, 4.69) is 78.2 Å². The van der Waals surface area contributed by atoms with E-state index >= 15 is 0 Å². The lowest BCUT2D eigenvalue weighted by Gasteiger charge is -2.22. The van der Waals surface area contributed by atoms with Crippen LogP contribution < -0.4 is 10.6 Å². The SMILES string of the molecule is Cc1ccc(NC(=S)N[C@H](Cc2ccccc2)c2ccccc2)cc1. The molecule has 0 spiro atoms. The van der Waals surface area contributed by atoms with Crippen LogP contribution in [0.25, 0.3) is 0 Å². The molecule has 0 aliphatic heterocycles. The summed E-state index contributed by atoms with van der Waals surface area (Å²) in [6.07, 6.45) is 0.876. The van der Waals surface area contributed by atoms with Gasteiger partial charge in [-0.2, -0.15) is 0 Å². The lowest BCUT2D eigenvalue weighted by molar-refractivity contribution is 0.648. The van der Waals surface area contributed by atoms with Crippen LogP contribution in [0.15, 0.2) is 84.9 Å². The number of rotatable bonds is 5. The Labute approximate surface area is 154 Å². The molecule has 0 heterocycles. The van der Waals surface area contributed by atoms with Crippen molar-refractivity contribution >= 4 is 23.0 Å². The Morgan fingerprint density at radius 1 is 0.840 bits per heavy atom. The van der Waals surface area contributed by atoms with E-state index in [1.165, 1.54) is 16.7 Å². The van der Waals surface area contributed by atoms with Crippen LogP contribution in [0.2, 0.25) is 0 Å². The molecule has 3 heteroatoms. The number of hydrogen-bond donors (Lipinski definition) is 2. The summed E-state index contributed by atoms with van der Waals surface area (Å²) in [5.41, 5.74) is 4.73. The fourth-order valence-electron chi connectivity index (χ4n) is 2.75. The Balaban J connectivity index is 1.72. The highest BCUT2D eigenvalue weighted by Gasteiger charge is 2.13. The smallest absolute Gasteiger partial charge is 0.171 e. The molecule has 0 fully saturated rings. The van der Waals surface area contributed by atoms with Crippen LogP contribution in [0.5, 0.6) is 0 Å². The Hall–Kier alpha value is -2.65. The highest BCUT2D eigenvalue weighted by molar-refractivity contribution is 7.80. The largest absolute Gasteiger partial charge is 0.355 e. The van der Waals surface area contributed by atoms with Gasteiger partial charge in [-0.1, -0.05) is 78.4 Å². The first-order valence-electron chi connectivity index (χ1n) is 8.44. The Kier molecular flexibility index (Phi) is 5.81. The zero-order valence-electron chi connectivity index (χ0n) is 14.3. The summed E-state index contributed by atoms with van der Waals surface area (Å²) in [6, 6.07) is 29.2. The average Bonchev–Trinajstić information content (AvgIpc) is 2.65. The second kappa shape index (κ2) is 8.45. The van der Waals surface area contributed by atoms with E-state index in [0.29, 0.717) is 5.11 Å². The molecule has 0 aromatic heterocycles.